The minimum Gasteiger partial charge on any atom is -0.383 e. The van der Waals surface area contributed by atoms with Crippen molar-refractivity contribution in [1.29, 1.82) is 0 Å². The molecule has 0 unspecified atom stereocenters. The number of nitrogens with one attached hydrogen (secondary N) is 1. The number of thiazole rings is 1. The molecule has 1 N–H and O–H groups in total. The predicted octanol–water partition coefficient (Wildman–Crippen LogP) is 1.60. The molecule has 0 aliphatic rings. The summed E-state index contributed by atoms with van der Waals surface area (Å²) in [6, 6.07) is 1.96. The van der Waals surface area contributed by atoms with Crippen LogP contribution in [0.15, 0.2) is 24.0 Å². The Morgan fingerprint density at radius 2 is 2.50 bits per heavy atom. The quantitative estimate of drug-likeness (QED) is 0.830. The second-order valence-electron chi connectivity index (χ2n) is 3.28. The molecule has 2 aromatic heterocycles. The SMILES string of the molecule is COCCn1ccc(NCc2cncs2)n1. The molecule has 6 heteroatoms. The maximum atomic E-state index is 4.99. The summed E-state index contributed by atoms with van der Waals surface area (Å²) in [7, 11) is 1.69. The highest BCUT2D eigenvalue weighted by atomic mass is 32.1. The van der Waals surface area contributed by atoms with Crippen LogP contribution in [0.2, 0.25) is 0 Å². The summed E-state index contributed by atoms with van der Waals surface area (Å²) in [5.41, 5.74) is 1.83. The van der Waals surface area contributed by atoms with E-state index in [2.05, 4.69) is 15.4 Å². The summed E-state index contributed by atoms with van der Waals surface area (Å²) in [5, 5.41) is 7.60. The zero-order valence-corrected chi connectivity index (χ0v) is 9.91. The number of nitrogens with zero attached hydrogens (tertiary/aromatic N) is 3. The van der Waals surface area contributed by atoms with E-state index < -0.39 is 0 Å². The van der Waals surface area contributed by atoms with Gasteiger partial charge in [0.15, 0.2) is 0 Å². The van der Waals surface area contributed by atoms with Gasteiger partial charge in [-0.05, 0) is 0 Å². The number of methoxy groups -OCH3 is 1. The van der Waals surface area contributed by atoms with Gasteiger partial charge in [0.2, 0.25) is 0 Å². The van der Waals surface area contributed by atoms with Crippen molar-refractivity contribution in [3.63, 3.8) is 0 Å². The fourth-order valence-corrected chi connectivity index (χ4v) is 1.81. The number of aromatic nitrogens is 3. The van der Waals surface area contributed by atoms with E-state index in [1.165, 1.54) is 4.88 Å². The van der Waals surface area contributed by atoms with Crippen molar-refractivity contribution in [2.45, 2.75) is 13.1 Å². The van der Waals surface area contributed by atoms with Crippen molar-refractivity contribution in [3.8, 4) is 0 Å². The van der Waals surface area contributed by atoms with E-state index in [4.69, 9.17) is 4.74 Å². The third kappa shape index (κ3) is 3.04. The zero-order valence-electron chi connectivity index (χ0n) is 9.09. The predicted molar refractivity (Wildman–Crippen MR) is 63.5 cm³/mol. The average molecular weight is 238 g/mol. The summed E-state index contributed by atoms with van der Waals surface area (Å²) in [5.74, 6) is 0.879. The van der Waals surface area contributed by atoms with Gasteiger partial charge in [0.1, 0.15) is 5.82 Å². The first-order valence-corrected chi connectivity index (χ1v) is 5.90. The number of anilines is 1. The van der Waals surface area contributed by atoms with Gasteiger partial charge in [-0.1, -0.05) is 0 Å². The Morgan fingerprint density at radius 1 is 1.56 bits per heavy atom. The van der Waals surface area contributed by atoms with Crippen LogP contribution in [-0.2, 0) is 17.8 Å². The van der Waals surface area contributed by atoms with Gasteiger partial charge >= 0.3 is 0 Å². The monoisotopic (exact) mass is 238 g/mol. The van der Waals surface area contributed by atoms with E-state index >= 15 is 0 Å². The number of ether oxygens (including phenoxy) is 1. The number of hydrogen-bond donors (Lipinski definition) is 1. The second kappa shape index (κ2) is 5.62. The topological polar surface area (TPSA) is 52.0 Å². The summed E-state index contributed by atoms with van der Waals surface area (Å²) in [6.07, 6.45) is 3.80. The van der Waals surface area contributed by atoms with Gasteiger partial charge in [-0.3, -0.25) is 9.67 Å². The number of hydrogen-bond acceptors (Lipinski definition) is 5. The lowest BCUT2D eigenvalue weighted by atomic mass is 10.5. The van der Waals surface area contributed by atoms with E-state index in [1.54, 1.807) is 18.4 Å². The minimum atomic E-state index is 0.677. The molecule has 0 aliphatic heterocycles. The van der Waals surface area contributed by atoms with Crippen LogP contribution >= 0.6 is 11.3 Å². The van der Waals surface area contributed by atoms with Crippen LogP contribution in [0.4, 0.5) is 5.82 Å². The van der Waals surface area contributed by atoms with Crippen molar-refractivity contribution in [3.05, 3.63) is 28.8 Å². The molecule has 0 aliphatic carbocycles. The zero-order chi connectivity index (χ0) is 11.2. The highest BCUT2D eigenvalue weighted by Crippen LogP contribution is 2.09. The minimum absolute atomic E-state index is 0.677. The largest absolute Gasteiger partial charge is 0.383 e. The summed E-state index contributed by atoms with van der Waals surface area (Å²) < 4.78 is 6.85. The van der Waals surface area contributed by atoms with Gasteiger partial charge in [-0.15, -0.1) is 11.3 Å². The van der Waals surface area contributed by atoms with Crippen LogP contribution < -0.4 is 5.32 Å². The molecule has 0 saturated carbocycles. The number of rotatable bonds is 6. The molecule has 2 rings (SSSR count). The van der Waals surface area contributed by atoms with E-state index in [1.807, 2.05) is 28.7 Å². The molecule has 0 aromatic carbocycles. The lowest BCUT2D eigenvalue weighted by molar-refractivity contribution is 0.183. The third-order valence-corrected chi connectivity index (χ3v) is 2.87. The average Bonchev–Trinajstić information content (AvgIpc) is 2.95. The molecule has 86 valence electrons. The van der Waals surface area contributed by atoms with Gasteiger partial charge < -0.3 is 10.1 Å². The van der Waals surface area contributed by atoms with Crippen LogP contribution in [0.3, 0.4) is 0 Å². The van der Waals surface area contributed by atoms with E-state index in [9.17, 15) is 0 Å². The maximum Gasteiger partial charge on any atom is 0.148 e. The Kier molecular flexibility index (Phi) is 3.90. The van der Waals surface area contributed by atoms with Gasteiger partial charge in [0, 0.05) is 30.4 Å². The van der Waals surface area contributed by atoms with E-state index in [-0.39, 0.29) is 0 Å². The van der Waals surface area contributed by atoms with Crippen LogP contribution in [0.5, 0.6) is 0 Å². The molecule has 16 heavy (non-hydrogen) atoms. The highest BCUT2D eigenvalue weighted by molar-refractivity contribution is 7.09. The molecule has 2 aromatic rings. The Labute approximate surface area is 98.1 Å². The molecule has 0 radical (unpaired) electrons. The van der Waals surface area contributed by atoms with Gasteiger partial charge in [-0.2, -0.15) is 5.10 Å². The summed E-state index contributed by atoms with van der Waals surface area (Å²) >= 11 is 1.63. The smallest absolute Gasteiger partial charge is 0.148 e. The van der Waals surface area contributed by atoms with Gasteiger partial charge in [0.05, 0.1) is 25.2 Å². The first-order chi connectivity index (χ1) is 7.88. The Balaban J connectivity index is 1.83. The standard InChI is InChI=1S/C10H14N4OS/c1-15-5-4-14-3-2-10(13-14)12-7-9-6-11-8-16-9/h2-3,6,8H,4-5,7H2,1H3,(H,12,13). The molecule has 0 bridgehead atoms. The molecular weight excluding hydrogens is 224 g/mol. The van der Waals surface area contributed by atoms with Crippen LogP contribution in [0.25, 0.3) is 0 Å². The molecule has 0 atom stereocenters. The molecule has 0 amide bonds. The molecular formula is C10H14N4OS. The molecule has 5 nitrogen and oxygen atoms in total. The molecule has 0 spiro atoms. The summed E-state index contributed by atoms with van der Waals surface area (Å²) in [4.78, 5) is 5.22. The molecule has 0 saturated heterocycles. The van der Waals surface area contributed by atoms with Crippen LogP contribution in [0.1, 0.15) is 4.88 Å². The normalized spacial score (nSPS) is 10.6. The fraction of sp³-hybridized carbons (Fsp3) is 0.400. The van der Waals surface area contributed by atoms with Gasteiger partial charge in [0.25, 0.3) is 0 Å². The Morgan fingerprint density at radius 3 is 3.25 bits per heavy atom. The van der Waals surface area contributed by atoms with Crippen LogP contribution in [0, 0.1) is 0 Å². The maximum absolute atomic E-state index is 4.99. The molecule has 2 heterocycles. The van der Waals surface area contributed by atoms with Crippen molar-refractivity contribution in [2.24, 2.45) is 0 Å². The van der Waals surface area contributed by atoms with Gasteiger partial charge in [-0.25, -0.2) is 0 Å². The fourth-order valence-electron chi connectivity index (χ4n) is 1.27. The van der Waals surface area contributed by atoms with Crippen molar-refractivity contribution in [2.75, 3.05) is 19.0 Å². The van der Waals surface area contributed by atoms with E-state index in [0.717, 1.165) is 18.9 Å². The lowest BCUT2D eigenvalue weighted by Crippen LogP contribution is -2.05. The highest BCUT2D eigenvalue weighted by Gasteiger charge is 1.99. The third-order valence-electron chi connectivity index (χ3n) is 2.09. The summed E-state index contributed by atoms with van der Waals surface area (Å²) in [6.45, 7) is 2.22. The molecule has 0 fully saturated rings. The van der Waals surface area contributed by atoms with Crippen LogP contribution in [-0.4, -0.2) is 28.5 Å². The lowest BCUT2D eigenvalue weighted by Gasteiger charge is -2.01. The first kappa shape index (κ1) is 11.1. The Hall–Kier alpha value is -1.40. The Bertz CT molecular complexity index is 412. The van der Waals surface area contributed by atoms with Crippen molar-refractivity contribution in [1.82, 2.24) is 14.8 Å². The second-order valence-corrected chi connectivity index (χ2v) is 4.25. The van der Waals surface area contributed by atoms with E-state index in [0.29, 0.717) is 6.61 Å². The first-order valence-electron chi connectivity index (χ1n) is 5.02. The van der Waals surface area contributed by atoms with Crippen molar-refractivity contribution < 1.29 is 4.74 Å². The van der Waals surface area contributed by atoms with Crippen molar-refractivity contribution >= 4 is 17.2 Å².